The minimum absolute atomic E-state index is 0.480. The Morgan fingerprint density at radius 1 is 0.536 bits per heavy atom. The predicted octanol–water partition coefficient (Wildman–Crippen LogP) is 7.77. The minimum atomic E-state index is 0.480. The van der Waals surface area contributed by atoms with Gasteiger partial charge in [0.15, 0.2) is 0 Å². The first-order valence-electron chi connectivity index (χ1n) is 10.5. The van der Waals surface area contributed by atoms with Crippen LogP contribution in [0.5, 0.6) is 0 Å². The van der Waals surface area contributed by atoms with Gasteiger partial charge in [0, 0.05) is 17.8 Å². The van der Waals surface area contributed by atoms with Crippen LogP contribution in [0.25, 0.3) is 22.3 Å². The van der Waals surface area contributed by atoms with E-state index in [1.807, 2.05) is 0 Å². The molecule has 3 rings (SSSR count). The maximum absolute atomic E-state index is 2.53. The van der Waals surface area contributed by atoms with Crippen LogP contribution in [0.1, 0.15) is 53.0 Å². The number of anilines is 1. The van der Waals surface area contributed by atoms with E-state index in [-0.39, 0.29) is 0 Å². The third-order valence-corrected chi connectivity index (χ3v) is 5.37. The van der Waals surface area contributed by atoms with Crippen LogP contribution < -0.4 is 4.90 Å². The molecule has 0 aliphatic carbocycles. The lowest BCUT2D eigenvalue weighted by atomic mass is 9.93. The fourth-order valence-electron chi connectivity index (χ4n) is 4.07. The van der Waals surface area contributed by atoms with Crippen LogP contribution in [-0.2, 0) is 0 Å². The highest BCUT2D eigenvalue weighted by molar-refractivity contribution is 5.73. The van der Waals surface area contributed by atoms with Gasteiger partial charge < -0.3 is 4.90 Å². The molecule has 1 heteroatoms. The largest absolute Gasteiger partial charge is 0.366 e. The average molecular weight is 372 g/mol. The SMILES string of the molecule is CC(C)c1cc(-c2ccc(-c3ccccc3)cc2)ccc1N(C(C)C)C(C)C. The zero-order valence-corrected chi connectivity index (χ0v) is 18.1. The molecule has 0 saturated heterocycles. The van der Waals surface area contributed by atoms with Crippen molar-refractivity contribution in [2.24, 2.45) is 0 Å². The Balaban J connectivity index is 1.98. The van der Waals surface area contributed by atoms with Gasteiger partial charge in [0.1, 0.15) is 0 Å². The van der Waals surface area contributed by atoms with E-state index in [1.165, 1.54) is 33.5 Å². The molecule has 0 amide bonds. The number of hydrogen-bond acceptors (Lipinski definition) is 1. The molecule has 0 bridgehead atoms. The van der Waals surface area contributed by atoms with E-state index in [9.17, 15) is 0 Å². The normalized spacial score (nSPS) is 11.5. The second-order valence-corrected chi connectivity index (χ2v) is 8.47. The van der Waals surface area contributed by atoms with Crippen molar-refractivity contribution in [3.63, 3.8) is 0 Å². The second-order valence-electron chi connectivity index (χ2n) is 8.47. The molecule has 146 valence electrons. The third-order valence-electron chi connectivity index (χ3n) is 5.37. The molecule has 0 saturated carbocycles. The van der Waals surface area contributed by atoms with Gasteiger partial charge in [0.25, 0.3) is 0 Å². The predicted molar refractivity (Wildman–Crippen MR) is 124 cm³/mol. The molecule has 0 aliphatic heterocycles. The molecule has 0 unspecified atom stereocenters. The number of rotatable bonds is 6. The summed E-state index contributed by atoms with van der Waals surface area (Å²) in [7, 11) is 0. The summed E-state index contributed by atoms with van der Waals surface area (Å²) in [4.78, 5) is 2.53. The van der Waals surface area contributed by atoms with Crippen molar-refractivity contribution in [1.29, 1.82) is 0 Å². The second kappa shape index (κ2) is 8.65. The maximum atomic E-state index is 2.53. The first-order chi connectivity index (χ1) is 13.4. The lowest BCUT2D eigenvalue weighted by molar-refractivity contribution is 0.603. The van der Waals surface area contributed by atoms with Gasteiger partial charge >= 0.3 is 0 Å². The lowest BCUT2D eigenvalue weighted by Gasteiger charge is -2.35. The summed E-state index contributed by atoms with van der Waals surface area (Å²) in [5.41, 5.74) is 7.87. The highest BCUT2D eigenvalue weighted by Gasteiger charge is 2.19. The molecule has 3 aromatic carbocycles. The van der Waals surface area contributed by atoms with E-state index in [0.29, 0.717) is 18.0 Å². The summed E-state index contributed by atoms with van der Waals surface area (Å²) in [6.45, 7) is 13.7. The molecular formula is C27H33N. The Morgan fingerprint density at radius 2 is 1.00 bits per heavy atom. The molecule has 3 aromatic rings. The van der Waals surface area contributed by atoms with Gasteiger partial charge in [-0.2, -0.15) is 0 Å². The van der Waals surface area contributed by atoms with Crippen LogP contribution in [0.2, 0.25) is 0 Å². The van der Waals surface area contributed by atoms with E-state index >= 15 is 0 Å². The zero-order chi connectivity index (χ0) is 20.3. The molecule has 0 aromatic heterocycles. The number of hydrogen-bond donors (Lipinski definition) is 0. The first kappa shape index (κ1) is 20.2. The standard InChI is InChI=1S/C27H33N/c1-19(2)26-18-25(16-17-27(26)28(20(3)4)21(5)6)24-14-12-23(13-15-24)22-10-8-7-9-11-22/h7-21H,1-6H3. The lowest BCUT2D eigenvalue weighted by Crippen LogP contribution is -2.37. The number of benzene rings is 3. The first-order valence-corrected chi connectivity index (χ1v) is 10.5. The number of nitrogens with zero attached hydrogens (tertiary/aromatic N) is 1. The molecule has 0 radical (unpaired) electrons. The quantitative estimate of drug-likeness (QED) is 0.428. The molecule has 0 N–H and O–H groups in total. The molecule has 0 spiro atoms. The summed E-state index contributed by atoms with van der Waals surface area (Å²) >= 11 is 0. The summed E-state index contributed by atoms with van der Waals surface area (Å²) in [6, 6.07) is 27.4. The minimum Gasteiger partial charge on any atom is -0.366 e. The van der Waals surface area contributed by atoms with E-state index in [2.05, 4.69) is 119 Å². The molecular weight excluding hydrogens is 338 g/mol. The zero-order valence-electron chi connectivity index (χ0n) is 18.1. The molecule has 28 heavy (non-hydrogen) atoms. The summed E-state index contributed by atoms with van der Waals surface area (Å²) < 4.78 is 0. The van der Waals surface area contributed by atoms with E-state index < -0.39 is 0 Å². The van der Waals surface area contributed by atoms with E-state index in [0.717, 1.165) is 0 Å². The highest BCUT2D eigenvalue weighted by Crippen LogP contribution is 2.35. The van der Waals surface area contributed by atoms with E-state index in [4.69, 9.17) is 0 Å². The van der Waals surface area contributed by atoms with Crippen LogP contribution in [0, 0.1) is 0 Å². The molecule has 0 aliphatic rings. The van der Waals surface area contributed by atoms with Crippen molar-refractivity contribution in [2.75, 3.05) is 4.90 Å². The summed E-state index contributed by atoms with van der Waals surface area (Å²) in [6.07, 6.45) is 0. The van der Waals surface area contributed by atoms with Crippen molar-refractivity contribution in [2.45, 2.75) is 59.5 Å². The molecule has 0 atom stereocenters. The third kappa shape index (κ3) is 4.30. The smallest absolute Gasteiger partial charge is 0.0406 e. The fraction of sp³-hybridized carbons (Fsp3) is 0.333. The molecule has 0 heterocycles. The van der Waals surface area contributed by atoms with Gasteiger partial charge in [-0.25, -0.2) is 0 Å². The Kier molecular flexibility index (Phi) is 6.24. The fourth-order valence-corrected chi connectivity index (χ4v) is 4.07. The van der Waals surface area contributed by atoms with Gasteiger partial charge in [-0.05, 0) is 73.6 Å². The van der Waals surface area contributed by atoms with Crippen molar-refractivity contribution in [3.05, 3.63) is 78.4 Å². The maximum Gasteiger partial charge on any atom is 0.0406 e. The summed E-state index contributed by atoms with van der Waals surface area (Å²) in [5.74, 6) is 0.485. The Labute approximate surface area is 171 Å². The van der Waals surface area contributed by atoms with Gasteiger partial charge in [0.05, 0.1) is 0 Å². The van der Waals surface area contributed by atoms with Crippen LogP contribution in [-0.4, -0.2) is 12.1 Å². The van der Waals surface area contributed by atoms with Crippen LogP contribution >= 0.6 is 0 Å². The monoisotopic (exact) mass is 371 g/mol. The Bertz CT molecular complexity index is 881. The van der Waals surface area contributed by atoms with Gasteiger partial charge in [0.2, 0.25) is 0 Å². The van der Waals surface area contributed by atoms with Gasteiger partial charge in [-0.15, -0.1) is 0 Å². The van der Waals surface area contributed by atoms with Crippen LogP contribution in [0.15, 0.2) is 72.8 Å². The van der Waals surface area contributed by atoms with Crippen LogP contribution in [0.4, 0.5) is 5.69 Å². The average Bonchev–Trinajstić information content (AvgIpc) is 2.68. The Morgan fingerprint density at radius 3 is 1.50 bits per heavy atom. The van der Waals surface area contributed by atoms with Crippen molar-refractivity contribution in [1.82, 2.24) is 0 Å². The van der Waals surface area contributed by atoms with E-state index in [1.54, 1.807) is 0 Å². The van der Waals surface area contributed by atoms with Crippen molar-refractivity contribution >= 4 is 5.69 Å². The van der Waals surface area contributed by atoms with Gasteiger partial charge in [-0.3, -0.25) is 0 Å². The van der Waals surface area contributed by atoms with Crippen molar-refractivity contribution < 1.29 is 0 Å². The van der Waals surface area contributed by atoms with Gasteiger partial charge in [-0.1, -0.05) is 74.5 Å². The van der Waals surface area contributed by atoms with Crippen LogP contribution in [0.3, 0.4) is 0 Å². The Hall–Kier alpha value is -2.54. The topological polar surface area (TPSA) is 3.24 Å². The van der Waals surface area contributed by atoms with Crippen molar-refractivity contribution in [3.8, 4) is 22.3 Å². The molecule has 0 fully saturated rings. The summed E-state index contributed by atoms with van der Waals surface area (Å²) in [5, 5.41) is 0. The highest BCUT2D eigenvalue weighted by atomic mass is 15.2. The molecule has 1 nitrogen and oxygen atoms in total.